The van der Waals surface area contributed by atoms with Gasteiger partial charge in [-0.1, -0.05) is 29.8 Å². The van der Waals surface area contributed by atoms with Gasteiger partial charge in [0.15, 0.2) is 0 Å². The van der Waals surface area contributed by atoms with Gasteiger partial charge in [-0.15, -0.1) is 0 Å². The number of hydrogen-bond donors (Lipinski definition) is 1. The first-order chi connectivity index (χ1) is 15.6. The molecule has 180 valence electrons. The number of carbonyl (C=O) groups is 1. The second-order valence-corrected chi connectivity index (χ2v) is 10.9. The Morgan fingerprint density at radius 2 is 1.76 bits per heavy atom. The van der Waals surface area contributed by atoms with Gasteiger partial charge in [-0.2, -0.15) is 0 Å². The summed E-state index contributed by atoms with van der Waals surface area (Å²) in [6.07, 6.45) is 1.82. The van der Waals surface area contributed by atoms with Crippen LogP contribution in [0.2, 0.25) is 5.02 Å². The second-order valence-electron chi connectivity index (χ2n) is 8.56. The summed E-state index contributed by atoms with van der Waals surface area (Å²) in [5.41, 5.74) is 3.49. The molecule has 1 saturated heterocycles. The molecule has 9 heteroatoms. The molecule has 2 aromatic carbocycles. The third-order valence-corrected chi connectivity index (χ3v) is 7.56. The standard InChI is InChI=1S/C24H33ClN4O3S/c1-19-22(25)6-4-7-23(19)29(33(3,31)32)13-5-8-24(30)26-18-20-9-11-21(12-10-20)28-16-14-27(2)15-17-28/h4,6-7,9-12H,5,8,13-18H2,1-3H3,(H,26,30). The van der Waals surface area contributed by atoms with Crippen molar-refractivity contribution in [3.05, 3.63) is 58.6 Å². The van der Waals surface area contributed by atoms with Crippen LogP contribution in [-0.4, -0.2) is 65.3 Å². The number of benzene rings is 2. The molecule has 2 aromatic rings. The number of hydrogen-bond acceptors (Lipinski definition) is 5. The van der Waals surface area contributed by atoms with Crippen LogP contribution in [0.4, 0.5) is 11.4 Å². The van der Waals surface area contributed by atoms with Gasteiger partial charge in [0, 0.05) is 56.4 Å². The van der Waals surface area contributed by atoms with Gasteiger partial charge in [0.05, 0.1) is 11.9 Å². The van der Waals surface area contributed by atoms with Crippen LogP contribution < -0.4 is 14.5 Å². The monoisotopic (exact) mass is 492 g/mol. The van der Waals surface area contributed by atoms with E-state index in [9.17, 15) is 13.2 Å². The summed E-state index contributed by atoms with van der Waals surface area (Å²) < 4.78 is 26.0. The van der Waals surface area contributed by atoms with E-state index < -0.39 is 10.0 Å². The molecule has 0 aliphatic carbocycles. The lowest BCUT2D eigenvalue weighted by atomic mass is 10.1. The molecule has 0 atom stereocenters. The highest BCUT2D eigenvalue weighted by molar-refractivity contribution is 7.92. The third kappa shape index (κ3) is 7.09. The van der Waals surface area contributed by atoms with Gasteiger partial charge in [0.2, 0.25) is 15.9 Å². The summed E-state index contributed by atoms with van der Waals surface area (Å²) in [5.74, 6) is -0.102. The first kappa shape index (κ1) is 25.3. The number of halogens is 1. The summed E-state index contributed by atoms with van der Waals surface area (Å²) in [7, 11) is -1.35. The molecule has 1 aliphatic rings. The summed E-state index contributed by atoms with van der Waals surface area (Å²) in [6, 6.07) is 13.5. The Morgan fingerprint density at radius 3 is 2.39 bits per heavy atom. The van der Waals surface area contributed by atoms with Crippen molar-refractivity contribution in [1.29, 1.82) is 0 Å². The lowest BCUT2D eigenvalue weighted by molar-refractivity contribution is -0.121. The molecule has 0 aromatic heterocycles. The quantitative estimate of drug-likeness (QED) is 0.581. The van der Waals surface area contributed by atoms with Crippen LogP contribution >= 0.6 is 11.6 Å². The topological polar surface area (TPSA) is 73.0 Å². The number of piperazine rings is 1. The van der Waals surface area contributed by atoms with Gasteiger partial charge in [-0.3, -0.25) is 9.10 Å². The average Bonchev–Trinajstić information content (AvgIpc) is 2.78. The minimum absolute atomic E-state index is 0.102. The molecule has 1 fully saturated rings. The highest BCUT2D eigenvalue weighted by atomic mass is 35.5. The zero-order valence-electron chi connectivity index (χ0n) is 19.6. The van der Waals surface area contributed by atoms with E-state index in [0.29, 0.717) is 29.2 Å². The molecule has 0 bridgehead atoms. The van der Waals surface area contributed by atoms with E-state index in [1.54, 1.807) is 25.1 Å². The zero-order chi connectivity index (χ0) is 24.0. The van der Waals surface area contributed by atoms with E-state index in [0.717, 1.165) is 31.7 Å². The van der Waals surface area contributed by atoms with Gasteiger partial charge < -0.3 is 15.1 Å². The third-order valence-electron chi connectivity index (χ3n) is 5.97. The van der Waals surface area contributed by atoms with E-state index in [-0.39, 0.29) is 18.9 Å². The van der Waals surface area contributed by atoms with Gasteiger partial charge in [-0.25, -0.2) is 8.42 Å². The van der Waals surface area contributed by atoms with Crippen LogP contribution in [-0.2, 0) is 21.4 Å². The fraction of sp³-hybridized carbons (Fsp3) is 0.458. The molecule has 1 N–H and O–H groups in total. The van der Waals surface area contributed by atoms with Gasteiger partial charge in [0.1, 0.15) is 0 Å². The van der Waals surface area contributed by atoms with Crippen molar-refractivity contribution in [3.63, 3.8) is 0 Å². The highest BCUT2D eigenvalue weighted by Crippen LogP contribution is 2.28. The minimum Gasteiger partial charge on any atom is -0.369 e. The van der Waals surface area contributed by atoms with E-state index in [2.05, 4.69) is 34.3 Å². The summed E-state index contributed by atoms with van der Waals surface area (Å²) in [6.45, 7) is 6.62. The summed E-state index contributed by atoms with van der Waals surface area (Å²) in [5, 5.41) is 3.44. The largest absolute Gasteiger partial charge is 0.369 e. The fourth-order valence-electron chi connectivity index (χ4n) is 3.89. The van der Waals surface area contributed by atoms with Crippen molar-refractivity contribution in [2.75, 3.05) is 55.2 Å². The van der Waals surface area contributed by atoms with Crippen LogP contribution in [0.25, 0.3) is 0 Å². The maximum absolute atomic E-state index is 12.3. The van der Waals surface area contributed by atoms with E-state index in [4.69, 9.17) is 11.6 Å². The molecule has 33 heavy (non-hydrogen) atoms. The molecule has 1 heterocycles. The SMILES string of the molecule is Cc1c(Cl)cccc1N(CCCC(=O)NCc1ccc(N2CCN(C)CC2)cc1)S(C)(=O)=O. The predicted octanol–water partition coefficient (Wildman–Crippen LogP) is 3.26. The van der Waals surface area contributed by atoms with Crippen molar-refractivity contribution >= 4 is 38.9 Å². The molecule has 1 amide bonds. The number of amides is 1. The molecule has 1 aliphatic heterocycles. The Morgan fingerprint density at radius 1 is 1.09 bits per heavy atom. The smallest absolute Gasteiger partial charge is 0.232 e. The zero-order valence-corrected chi connectivity index (χ0v) is 21.1. The molecule has 0 spiro atoms. The molecule has 0 unspecified atom stereocenters. The Kier molecular flexibility index (Phi) is 8.62. The first-order valence-electron chi connectivity index (χ1n) is 11.2. The van der Waals surface area contributed by atoms with Crippen molar-refractivity contribution in [2.45, 2.75) is 26.3 Å². The summed E-state index contributed by atoms with van der Waals surface area (Å²) in [4.78, 5) is 17.0. The van der Waals surface area contributed by atoms with Crippen LogP contribution in [0.3, 0.4) is 0 Å². The Bertz CT molecular complexity index is 1050. The normalized spacial score (nSPS) is 14.8. The Balaban J connectivity index is 1.48. The Labute approximate surface area is 202 Å². The van der Waals surface area contributed by atoms with Crippen molar-refractivity contribution < 1.29 is 13.2 Å². The van der Waals surface area contributed by atoms with Gasteiger partial charge in [-0.05, 0) is 55.8 Å². The van der Waals surface area contributed by atoms with Crippen LogP contribution in [0.5, 0.6) is 0 Å². The van der Waals surface area contributed by atoms with Crippen LogP contribution in [0.15, 0.2) is 42.5 Å². The first-order valence-corrected chi connectivity index (χ1v) is 13.4. The fourth-order valence-corrected chi connectivity index (χ4v) is 5.08. The molecule has 7 nitrogen and oxygen atoms in total. The van der Waals surface area contributed by atoms with E-state index in [1.807, 2.05) is 12.1 Å². The number of nitrogens with zero attached hydrogens (tertiary/aromatic N) is 3. The number of anilines is 2. The molecular formula is C24H33ClN4O3S. The van der Waals surface area contributed by atoms with E-state index in [1.165, 1.54) is 16.2 Å². The molecular weight excluding hydrogens is 460 g/mol. The number of sulfonamides is 1. The van der Waals surface area contributed by atoms with E-state index >= 15 is 0 Å². The average molecular weight is 493 g/mol. The van der Waals surface area contributed by atoms with Crippen LogP contribution in [0.1, 0.15) is 24.0 Å². The number of nitrogens with one attached hydrogen (secondary N) is 1. The maximum Gasteiger partial charge on any atom is 0.232 e. The van der Waals surface area contributed by atoms with Crippen LogP contribution in [0, 0.1) is 6.92 Å². The predicted molar refractivity (Wildman–Crippen MR) is 136 cm³/mol. The minimum atomic E-state index is -3.49. The lowest BCUT2D eigenvalue weighted by Gasteiger charge is -2.34. The van der Waals surface area contributed by atoms with Crippen molar-refractivity contribution in [1.82, 2.24) is 10.2 Å². The molecule has 0 saturated carbocycles. The maximum atomic E-state index is 12.3. The van der Waals surface area contributed by atoms with Crippen molar-refractivity contribution in [3.8, 4) is 0 Å². The number of likely N-dealkylation sites (N-methyl/N-ethyl adjacent to an activating group) is 1. The number of rotatable bonds is 9. The molecule has 3 rings (SSSR count). The summed E-state index contributed by atoms with van der Waals surface area (Å²) >= 11 is 6.16. The Hall–Kier alpha value is -2.29. The number of carbonyl (C=O) groups excluding carboxylic acids is 1. The van der Waals surface area contributed by atoms with Crippen molar-refractivity contribution in [2.24, 2.45) is 0 Å². The second kappa shape index (κ2) is 11.2. The molecule has 0 radical (unpaired) electrons. The van der Waals surface area contributed by atoms with Gasteiger partial charge in [0.25, 0.3) is 0 Å². The lowest BCUT2D eigenvalue weighted by Crippen LogP contribution is -2.44. The highest BCUT2D eigenvalue weighted by Gasteiger charge is 2.20. The van der Waals surface area contributed by atoms with Gasteiger partial charge >= 0.3 is 0 Å².